The van der Waals surface area contributed by atoms with Gasteiger partial charge in [-0.2, -0.15) is 0 Å². The average Bonchev–Trinajstić information content (AvgIpc) is 3.35. The van der Waals surface area contributed by atoms with E-state index in [0.717, 1.165) is 19.3 Å². The summed E-state index contributed by atoms with van der Waals surface area (Å²) in [5.74, 6) is -2.96. The summed E-state index contributed by atoms with van der Waals surface area (Å²) >= 11 is 0. The highest BCUT2D eigenvalue weighted by atomic mass is 16.6. The molecule has 2 bridgehead atoms. The number of esters is 2. The van der Waals surface area contributed by atoms with Gasteiger partial charge in [0, 0.05) is 23.7 Å². The first-order valence-electron chi connectivity index (χ1n) is 17.4. The molecule has 8 heteroatoms. The van der Waals surface area contributed by atoms with Crippen molar-refractivity contribution in [2.75, 3.05) is 6.61 Å². The van der Waals surface area contributed by atoms with E-state index in [1.54, 1.807) is 39.8 Å². The summed E-state index contributed by atoms with van der Waals surface area (Å²) in [6.45, 7) is 14.3. The van der Waals surface area contributed by atoms with E-state index in [-0.39, 0.29) is 17.3 Å². The minimum absolute atomic E-state index is 0.101. The SMILES string of the molecule is CCCCCCCCCCCC(=O)OC12CC(C)C34C=C(C)C(OC(=O)C(C)(C)C)C3(O)C(O)C(CO)=CC(C4=O)C1C2(C)C. The summed E-state index contributed by atoms with van der Waals surface area (Å²) in [4.78, 5) is 41.3. The Hall–Kier alpha value is -2.03. The molecule has 3 N–H and O–H groups in total. The average molecular weight is 631 g/mol. The Kier molecular flexibility index (Phi) is 10.2. The Bertz CT molecular complexity index is 1210. The number of aliphatic hydroxyl groups is 3. The normalized spacial score (nSPS) is 36.6. The molecule has 4 aliphatic rings. The van der Waals surface area contributed by atoms with Crippen molar-refractivity contribution in [1.82, 2.24) is 0 Å². The summed E-state index contributed by atoms with van der Waals surface area (Å²) in [7, 11) is 0. The van der Waals surface area contributed by atoms with Gasteiger partial charge < -0.3 is 24.8 Å². The van der Waals surface area contributed by atoms with Crippen molar-refractivity contribution in [2.24, 2.45) is 34.0 Å². The maximum atomic E-state index is 14.8. The second-order valence-corrected chi connectivity index (χ2v) is 16.1. The van der Waals surface area contributed by atoms with Crippen LogP contribution in [0, 0.1) is 34.0 Å². The van der Waals surface area contributed by atoms with Gasteiger partial charge in [-0.15, -0.1) is 0 Å². The monoisotopic (exact) mass is 630 g/mol. The van der Waals surface area contributed by atoms with Crippen molar-refractivity contribution >= 4 is 17.7 Å². The maximum absolute atomic E-state index is 14.8. The van der Waals surface area contributed by atoms with E-state index in [9.17, 15) is 29.7 Å². The van der Waals surface area contributed by atoms with Crippen molar-refractivity contribution in [1.29, 1.82) is 0 Å². The molecular weight excluding hydrogens is 572 g/mol. The molecule has 0 amide bonds. The second kappa shape index (κ2) is 12.9. The number of unbranched alkanes of at least 4 members (excludes halogenated alkanes) is 8. The highest BCUT2D eigenvalue weighted by Crippen LogP contribution is 2.75. The van der Waals surface area contributed by atoms with E-state index in [2.05, 4.69) is 6.92 Å². The van der Waals surface area contributed by atoms with Crippen LogP contribution in [0.1, 0.15) is 126 Å². The molecule has 0 heterocycles. The van der Waals surface area contributed by atoms with Gasteiger partial charge in [-0.3, -0.25) is 14.4 Å². The third kappa shape index (κ3) is 5.75. The molecule has 4 rings (SSSR count). The van der Waals surface area contributed by atoms with Crippen LogP contribution in [0.4, 0.5) is 0 Å². The number of Topliss-reactive ketones (excluding diaryl/α,β-unsaturated/α-hetero) is 1. The van der Waals surface area contributed by atoms with E-state index in [0.29, 0.717) is 18.4 Å². The Labute approximate surface area is 270 Å². The number of fused-ring (bicyclic) bond motifs is 3. The van der Waals surface area contributed by atoms with E-state index in [4.69, 9.17) is 9.47 Å². The summed E-state index contributed by atoms with van der Waals surface area (Å²) in [5, 5.41) is 34.8. The highest BCUT2D eigenvalue weighted by Gasteiger charge is 2.83. The molecule has 8 unspecified atom stereocenters. The molecule has 0 aromatic heterocycles. The van der Waals surface area contributed by atoms with Crippen LogP contribution in [-0.2, 0) is 23.9 Å². The Morgan fingerprint density at radius 1 is 1.02 bits per heavy atom. The number of aliphatic hydroxyl groups excluding tert-OH is 2. The molecule has 45 heavy (non-hydrogen) atoms. The maximum Gasteiger partial charge on any atom is 0.311 e. The van der Waals surface area contributed by atoms with Gasteiger partial charge in [0.1, 0.15) is 11.7 Å². The van der Waals surface area contributed by atoms with Gasteiger partial charge in [-0.1, -0.05) is 91.2 Å². The van der Waals surface area contributed by atoms with Gasteiger partial charge in [0.05, 0.1) is 17.4 Å². The zero-order valence-electron chi connectivity index (χ0n) is 28.9. The summed E-state index contributed by atoms with van der Waals surface area (Å²) in [6, 6.07) is 0. The van der Waals surface area contributed by atoms with E-state index in [1.165, 1.54) is 38.5 Å². The minimum atomic E-state index is -2.25. The molecule has 0 aliphatic heterocycles. The molecule has 8 nitrogen and oxygen atoms in total. The molecular formula is C37H58O8. The zero-order valence-corrected chi connectivity index (χ0v) is 28.9. The lowest BCUT2D eigenvalue weighted by Gasteiger charge is -2.49. The molecule has 8 atom stereocenters. The highest BCUT2D eigenvalue weighted by molar-refractivity contribution is 5.96. The number of ketones is 1. The van der Waals surface area contributed by atoms with Gasteiger partial charge in [0.25, 0.3) is 0 Å². The molecule has 0 saturated heterocycles. The van der Waals surface area contributed by atoms with Crippen LogP contribution in [0.3, 0.4) is 0 Å². The molecule has 254 valence electrons. The van der Waals surface area contributed by atoms with Crippen molar-refractivity contribution in [3.05, 3.63) is 23.3 Å². The van der Waals surface area contributed by atoms with Crippen molar-refractivity contribution < 1.29 is 39.2 Å². The number of rotatable bonds is 13. The summed E-state index contributed by atoms with van der Waals surface area (Å²) < 4.78 is 12.3. The first-order valence-corrected chi connectivity index (χ1v) is 17.4. The topological polar surface area (TPSA) is 130 Å². The fraction of sp³-hybridized carbons (Fsp3) is 0.811. The number of carbonyl (C=O) groups excluding carboxylic acids is 3. The fourth-order valence-corrected chi connectivity index (χ4v) is 9.01. The largest absolute Gasteiger partial charge is 0.458 e. The molecule has 2 saturated carbocycles. The smallest absolute Gasteiger partial charge is 0.311 e. The third-order valence-corrected chi connectivity index (χ3v) is 11.6. The van der Waals surface area contributed by atoms with Crippen LogP contribution in [0.15, 0.2) is 23.3 Å². The molecule has 0 radical (unpaired) electrons. The lowest BCUT2D eigenvalue weighted by atomic mass is 9.59. The molecule has 1 spiro atoms. The van der Waals surface area contributed by atoms with Crippen LogP contribution in [-0.4, -0.2) is 63.1 Å². The van der Waals surface area contributed by atoms with Gasteiger partial charge in [0.15, 0.2) is 17.5 Å². The first kappa shape index (κ1) is 35.8. The third-order valence-electron chi connectivity index (χ3n) is 11.6. The zero-order chi connectivity index (χ0) is 33.6. The van der Waals surface area contributed by atoms with Gasteiger partial charge >= 0.3 is 11.9 Å². The van der Waals surface area contributed by atoms with Crippen LogP contribution < -0.4 is 0 Å². The predicted octanol–water partition coefficient (Wildman–Crippen LogP) is 6.00. The van der Waals surface area contributed by atoms with Gasteiger partial charge in [-0.05, 0) is 57.6 Å². The lowest BCUT2D eigenvalue weighted by molar-refractivity contribution is -0.208. The van der Waals surface area contributed by atoms with Crippen LogP contribution in [0.25, 0.3) is 0 Å². The summed E-state index contributed by atoms with van der Waals surface area (Å²) in [5.41, 5.74) is -5.69. The van der Waals surface area contributed by atoms with Crippen LogP contribution >= 0.6 is 0 Å². The lowest BCUT2D eigenvalue weighted by Crippen LogP contribution is -2.66. The number of hydrogen-bond donors (Lipinski definition) is 3. The van der Waals surface area contributed by atoms with Crippen LogP contribution in [0.2, 0.25) is 0 Å². The van der Waals surface area contributed by atoms with E-state index >= 15 is 0 Å². The van der Waals surface area contributed by atoms with Crippen molar-refractivity contribution in [3.8, 4) is 0 Å². The first-order chi connectivity index (χ1) is 21.0. The summed E-state index contributed by atoms with van der Waals surface area (Å²) in [6.07, 6.45) is 11.2. The van der Waals surface area contributed by atoms with Crippen LogP contribution in [0.5, 0.6) is 0 Å². The molecule has 4 aliphatic carbocycles. The minimum Gasteiger partial charge on any atom is -0.458 e. The van der Waals surface area contributed by atoms with Crippen molar-refractivity contribution in [3.63, 3.8) is 0 Å². The van der Waals surface area contributed by atoms with Gasteiger partial charge in [-0.25, -0.2) is 0 Å². The standard InChI is InChI=1S/C37H58O8/c1-9-10-11-12-13-14-15-16-17-18-27(39)45-36-21-24(3)35-20-23(2)31(44-32(42)33(4,5)6)37(35,43)29(40)25(22-38)19-26(30(35)41)28(36)34(36,7)8/h19-20,24,26,28-29,31,38,40,43H,9-18,21-22H2,1-8H3. The molecule has 2 fully saturated rings. The van der Waals surface area contributed by atoms with Crippen molar-refractivity contribution in [2.45, 2.75) is 149 Å². The Balaban J connectivity index is 1.60. The number of carbonyl (C=O) groups is 3. The Morgan fingerprint density at radius 3 is 2.16 bits per heavy atom. The second-order valence-electron chi connectivity index (χ2n) is 16.1. The molecule has 0 aromatic rings. The van der Waals surface area contributed by atoms with E-state index < -0.39 is 70.0 Å². The van der Waals surface area contributed by atoms with Gasteiger partial charge in [0.2, 0.25) is 0 Å². The fourth-order valence-electron chi connectivity index (χ4n) is 9.01. The predicted molar refractivity (Wildman–Crippen MR) is 172 cm³/mol. The Morgan fingerprint density at radius 2 is 1.60 bits per heavy atom. The van der Waals surface area contributed by atoms with E-state index in [1.807, 2.05) is 20.8 Å². The number of allylic oxidation sites excluding steroid dienone is 1. The number of hydrogen-bond acceptors (Lipinski definition) is 8. The quantitative estimate of drug-likeness (QED) is 0.128. The molecule has 0 aromatic carbocycles. The number of ether oxygens (including phenoxy) is 2.